The first-order chi connectivity index (χ1) is 23.0. The average Bonchev–Trinajstić information content (AvgIpc) is 3.71. The second kappa shape index (κ2) is 12.2. The van der Waals surface area contributed by atoms with E-state index in [1.54, 1.807) is 6.07 Å². The zero-order valence-electron chi connectivity index (χ0n) is 26.6. The van der Waals surface area contributed by atoms with Crippen LogP contribution in [0.3, 0.4) is 0 Å². The SMILES string of the molecule is O=C(O)C(O)C(O)C(=O)O.O=C1C(=CCc2ccccc2)CCN1[C@@H]1CCC2(O)[C@H]3Cc4ccc(O)c5c4[C@@]2(CCN3CC2CC2)[C@H]1O5. The molecule has 6 aliphatic rings. The second-order valence-corrected chi connectivity index (χ2v) is 14.1. The van der Waals surface area contributed by atoms with Crippen molar-refractivity contribution < 1.29 is 49.8 Å². The molecule has 2 aromatic carbocycles. The number of hydrogen-bond donors (Lipinski definition) is 6. The van der Waals surface area contributed by atoms with Gasteiger partial charge in [0.2, 0.25) is 5.91 Å². The number of aliphatic hydroxyl groups is 3. The molecule has 8 rings (SSSR count). The first kappa shape index (κ1) is 32.6. The number of hydrogen-bond acceptors (Lipinski definition) is 9. The zero-order chi connectivity index (χ0) is 34.0. The van der Waals surface area contributed by atoms with E-state index in [0.29, 0.717) is 18.7 Å². The molecule has 1 amide bonds. The van der Waals surface area contributed by atoms with E-state index in [1.165, 1.54) is 24.0 Å². The summed E-state index contributed by atoms with van der Waals surface area (Å²) in [5.41, 5.74) is 2.82. The number of ether oxygens (including phenoxy) is 1. The van der Waals surface area contributed by atoms with Gasteiger partial charge in [-0.2, -0.15) is 0 Å². The van der Waals surface area contributed by atoms with Gasteiger partial charge in [0.1, 0.15) is 6.10 Å². The van der Waals surface area contributed by atoms with Crippen molar-refractivity contribution in [3.63, 3.8) is 0 Å². The normalized spacial score (nSPS) is 32.1. The molecule has 12 heteroatoms. The number of aliphatic carboxylic acids is 2. The summed E-state index contributed by atoms with van der Waals surface area (Å²) >= 11 is 0. The third-order valence-electron chi connectivity index (χ3n) is 11.5. The lowest BCUT2D eigenvalue weighted by Gasteiger charge is -2.64. The minimum atomic E-state index is -2.27. The van der Waals surface area contributed by atoms with E-state index in [1.807, 2.05) is 29.2 Å². The van der Waals surface area contributed by atoms with Gasteiger partial charge in [-0.15, -0.1) is 0 Å². The Kier molecular flexibility index (Phi) is 8.26. The maximum Gasteiger partial charge on any atom is 0.335 e. The number of rotatable bonds is 8. The Morgan fingerprint density at radius 1 is 0.979 bits per heavy atom. The van der Waals surface area contributed by atoms with Crippen LogP contribution in [0.4, 0.5) is 0 Å². The van der Waals surface area contributed by atoms with Crippen LogP contribution < -0.4 is 4.74 Å². The Balaban J connectivity index is 0.000000320. The minimum absolute atomic E-state index is 0.0579. The summed E-state index contributed by atoms with van der Waals surface area (Å²) in [4.78, 5) is 37.9. The fourth-order valence-electron chi connectivity index (χ4n) is 9.04. The lowest BCUT2D eigenvalue weighted by Crippen LogP contribution is -2.78. The zero-order valence-corrected chi connectivity index (χ0v) is 26.6. The highest BCUT2D eigenvalue weighted by Crippen LogP contribution is 2.66. The van der Waals surface area contributed by atoms with Crippen molar-refractivity contribution in [1.82, 2.24) is 9.80 Å². The number of carboxylic acid groups (broad SMARTS) is 2. The Bertz CT molecular complexity index is 1620. The highest BCUT2D eigenvalue weighted by molar-refractivity contribution is 5.96. The number of allylic oxidation sites excluding steroid dienone is 1. The number of likely N-dealkylation sites (tertiary alicyclic amines) is 2. The van der Waals surface area contributed by atoms with E-state index < -0.39 is 35.2 Å². The molecule has 1 spiro atoms. The number of nitrogens with zero attached hydrogens (tertiary/aromatic N) is 2. The number of carbonyl (C=O) groups is 3. The molecular formula is C36H42N2O10. The fraction of sp³-hybridized carbons (Fsp3) is 0.528. The van der Waals surface area contributed by atoms with Crippen molar-refractivity contribution in [3.8, 4) is 11.5 Å². The molecule has 2 saturated carbocycles. The van der Waals surface area contributed by atoms with Gasteiger partial charge in [-0.1, -0.05) is 42.5 Å². The van der Waals surface area contributed by atoms with Crippen LogP contribution in [-0.4, -0.2) is 114 Å². The molecule has 4 fully saturated rings. The van der Waals surface area contributed by atoms with E-state index in [4.69, 9.17) is 25.2 Å². The third kappa shape index (κ3) is 5.17. The van der Waals surface area contributed by atoms with Gasteiger partial charge in [0.25, 0.3) is 0 Å². The van der Waals surface area contributed by atoms with Crippen LogP contribution in [0, 0.1) is 5.92 Å². The van der Waals surface area contributed by atoms with Gasteiger partial charge in [0.05, 0.1) is 17.1 Å². The largest absolute Gasteiger partial charge is 0.504 e. The van der Waals surface area contributed by atoms with Crippen LogP contribution in [0.1, 0.15) is 55.2 Å². The van der Waals surface area contributed by atoms with Crippen molar-refractivity contribution in [2.45, 2.75) is 92.8 Å². The molecule has 0 radical (unpaired) electrons. The van der Waals surface area contributed by atoms with Gasteiger partial charge in [-0.05, 0) is 81.0 Å². The summed E-state index contributed by atoms with van der Waals surface area (Å²) in [5.74, 6) is -1.96. The third-order valence-corrected chi connectivity index (χ3v) is 11.5. The van der Waals surface area contributed by atoms with Crippen LogP contribution in [0.5, 0.6) is 11.5 Å². The number of aliphatic hydroxyl groups excluding tert-OH is 2. The Morgan fingerprint density at radius 3 is 2.35 bits per heavy atom. The van der Waals surface area contributed by atoms with Gasteiger partial charge in [-0.25, -0.2) is 9.59 Å². The second-order valence-electron chi connectivity index (χ2n) is 14.1. The van der Waals surface area contributed by atoms with Crippen LogP contribution in [0.2, 0.25) is 0 Å². The number of aromatic hydroxyl groups is 1. The molecule has 12 nitrogen and oxygen atoms in total. The molecule has 2 bridgehead atoms. The molecule has 3 aliphatic carbocycles. The first-order valence-corrected chi connectivity index (χ1v) is 16.8. The van der Waals surface area contributed by atoms with Crippen LogP contribution in [0.15, 0.2) is 54.1 Å². The predicted octanol–water partition coefficient (Wildman–Crippen LogP) is 1.60. The number of piperidine rings is 1. The quantitative estimate of drug-likeness (QED) is 0.225. The fourth-order valence-corrected chi connectivity index (χ4v) is 9.04. The maximum absolute atomic E-state index is 13.7. The van der Waals surface area contributed by atoms with Crippen LogP contribution in [-0.2, 0) is 32.6 Å². The molecule has 3 aliphatic heterocycles. The lowest BCUT2D eigenvalue weighted by atomic mass is 9.48. The smallest absolute Gasteiger partial charge is 0.335 e. The lowest BCUT2D eigenvalue weighted by molar-refractivity contribution is -0.200. The minimum Gasteiger partial charge on any atom is -0.504 e. The number of amides is 1. The number of benzene rings is 2. The van der Waals surface area contributed by atoms with E-state index in [2.05, 4.69) is 23.1 Å². The monoisotopic (exact) mass is 662 g/mol. The number of phenols is 1. The van der Waals surface area contributed by atoms with Crippen molar-refractivity contribution in [3.05, 3.63) is 70.8 Å². The predicted molar refractivity (Wildman–Crippen MR) is 170 cm³/mol. The van der Waals surface area contributed by atoms with Crippen molar-refractivity contribution >= 4 is 17.8 Å². The number of carbonyl (C=O) groups excluding carboxylic acids is 1. The number of phenolic OH excluding ortho intramolecular Hbond substituents is 1. The summed E-state index contributed by atoms with van der Waals surface area (Å²) in [6.45, 7) is 2.68. The molecule has 3 heterocycles. The van der Waals surface area contributed by atoms with Gasteiger partial charge in [-0.3, -0.25) is 9.69 Å². The number of carboxylic acids is 2. The van der Waals surface area contributed by atoms with E-state index in [-0.39, 0.29) is 29.8 Å². The highest BCUT2D eigenvalue weighted by atomic mass is 16.5. The topological polar surface area (TPSA) is 188 Å². The molecular weight excluding hydrogens is 620 g/mol. The van der Waals surface area contributed by atoms with E-state index in [0.717, 1.165) is 62.2 Å². The van der Waals surface area contributed by atoms with Crippen molar-refractivity contribution in [2.75, 3.05) is 19.6 Å². The standard InChI is InChI=1S/C32H36N2O4.C4H6O6/c35-25-11-10-23-18-26-32(37)14-12-24(34-16-13-22(30(34)36)9-8-20-4-2-1-3-5-20)29-31(32,27(23)28(25)38-29)15-17-33(26)19-21-6-7-21;5-1(3(7)8)2(6)4(9)10/h1-5,9-11,21,24,26,29,35,37H,6-8,12-19H2;1-2,5-6H,(H,7,8)(H,9,10)/t24-,26-,29+,31+,32?;/m1./s1. The molecule has 0 aromatic heterocycles. The summed E-state index contributed by atoms with van der Waals surface area (Å²) in [6, 6.07) is 14.0. The van der Waals surface area contributed by atoms with Gasteiger partial charge in [0.15, 0.2) is 23.7 Å². The molecule has 7 atom stereocenters. The van der Waals surface area contributed by atoms with Gasteiger partial charge >= 0.3 is 11.9 Å². The maximum atomic E-state index is 13.7. The van der Waals surface area contributed by atoms with E-state index in [9.17, 15) is 24.6 Å². The molecule has 2 saturated heterocycles. The molecule has 256 valence electrons. The Morgan fingerprint density at radius 2 is 1.69 bits per heavy atom. The Hall–Kier alpha value is -3.97. The van der Waals surface area contributed by atoms with Crippen LogP contribution in [0.25, 0.3) is 0 Å². The Labute approximate surface area is 277 Å². The van der Waals surface area contributed by atoms with Gasteiger partial charge in [0, 0.05) is 30.3 Å². The van der Waals surface area contributed by atoms with Crippen molar-refractivity contribution in [1.29, 1.82) is 0 Å². The molecule has 48 heavy (non-hydrogen) atoms. The summed E-state index contributed by atoms with van der Waals surface area (Å²) < 4.78 is 6.70. The molecule has 3 unspecified atom stereocenters. The summed E-state index contributed by atoms with van der Waals surface area (Å²) in [7, 11) is 0. The average molecular weight is 663 g/mol. The highest BCUT2D eigenvalue weighted by Gasteiger charge is 2.73. The first-order valence-electron chi connectivity index (χ1n) is 16.8. The summed E-state index contributed by atoms with van der Waals surface area (Å²) in [6.07, 6.45) is 4.29. The molecule has 6 N–H and O–H groups in total. The van der Waals surface area contributed by atoms with E-state index >= 15 is 0 Å². The molecule has 2 aromatic rings. The van der Waals surface area contributed by atoms with Crippen molar-refractivity contribution in [2.24, 2.45) is 5.92 Å². The van der Waals surface area contributed by atoms with Crippen LogP contribution >= 0.6 is 0 Å². The van der Waals surface area contributed by atoms with Gasteiger partial charge < -0.3 is 40.3 Å². The summed E-state index contributed by atoms with van der Waals surface area (Å²) in [5, 5.41) is 56.1.